The first-order chi connectivity index (χ1) is 13.2. The second-order valence-corrected chi connectivity index (χ2v) is 7.37. The Balaban J connectivity index is 1.26. The molecule has 0 aromatic heterocycles. The van der Waals surface area contributed by atoms with Crippen LogP contribution < -0.4 is 9.64 Å². The van der Waals surface area contributed by atoms with Crippen molar-refractivity contribution in [2.45, 2.75) is 25.4 Å². The number of fused-ring (bicyclic) bond motifs is 1. The van der Waals surface area contributed by atoms with Crippen molar-refractivity contribution < 1.29 is 19.1 Å². The van der Waals surface area contributed by atoms with Gasteiger partial charge in [-0.2, -0.15) is 0 Å². The zero-order valence-corrected chi connectivity index (χ0v) is 15.6. The minimum atomic E-state index is -0.0946. The normalized spacial score (nSPS) is 23.3. The van der Waals surface area contributed by atoms with Gasteiger partial charge in [-0.25, -0.2) is 0 Å². The fraction of sp³-hybridized carbons (Fsp3) is 0.600. The first-order valence-electron chi connectivity index (χ1n) is 9.84. The van der Waals surface area contributed by atoms with E-state index in [0.29, 0.717) is 24.8 Å². The minimum Gasteiger partial charge on any atom is -0.482 e. The Kier molecular flexibility index (Phi) is 5.59. The van der Waals surface area contributed by atoms with Gasteiger partial charge in [-0.05, 0) is 25.0 Å². The molecule has 4 rings (SSSR count). The number of carbonyl (C=O) groups is 2. The zero-order chi connectivity index (χ0) is 18.6. The largest absolute Gasteiger partial charge is 0.482 e. The number of hydrogen-bond donors (Lipinski definition) is 0. The fourth-order valence-electron chi connectivity index (χ4n) is 4.02. The quantitative estimate of drug-likeness (QED) is 0.774. The molecule has 3 aliphatic rings. The van der Waals surface area contributed by atoms with Crippen LogP contribution in [0.5, 0.6) is 5.75 Å². The monoisotopic (exact) mass is 373 g/mol. The van der Waals surface area contributed by atoms with Crippen molar-refractivity contribution in [3.05, 3.63) is 24.3 Å². The zero-order valence-electron chi connectivity index (χ0n) is 15.6. The molecule has 27 heavy (non-hydrogen) atoms. The molecule has 0 radical (unpaired) electrons. The lowest BCUT2D eigenvalue weighted by Crippen LogP contribution is -2.51. The summed E-state index contributed by atoms with van der Waals surface area (Å²) >= 11 is 0. The summed E-state index contributed by atoms with van der Waals surface area (Å²) in [5.41, 5.74) is 0.753. The molecule has 1 aromatic rings. The van der Waals surface area contributed by atoms with Crippen molar-refractivity contribution in [3.8, 4) is 5.75 Å². The van der Waals surface area contributed by atoms with E-state index in [0.717, 1.165) is 57.9 Å². The maximum atomic E-state index is 12.6. The van der Waals surface area contributed by atoms with Crippen LogP contribution in [0, 0.1) is 0 Å². The van der Waals surface area contributed by atoms with E-state index in [-0.39, 0.29) is 18.4 Å². The van der Waals surface area contributed by atoms with Gasteiger partial charge in [0.2, 0.25) is 5.91 Å². The molecule has 0 aliphatic carbocycles. The molecule has 1 atom stereocenters. The van der Waals surface area contributed by atoms with Gasteiger partial charge in [0, 0.05) is 52.3 Å². The number of carbonyl (C=O) groups excluding carboxylic acids is 2. The molecule has 3 aliphatic heterocycles. The van der Waals surface area contributed by atoms with Crippen LogP contribution in [-0.4, -0.2) is 80.2 Å². The molecule has 0 bridgehead atoms. The van der Waals surface area contributed by atoms with Crippen LogP contribution in [0.4, 0.5) is 5.69 Å². The molecule has 2 amide bonds. The number of benzene rings is 1. The Morgan fingerprint density at radius 1 is 1.15 bits per heavy atom. The van der Waals surface area contributed by atoms with E-state index < -0.39 is 0 Å². The Morgan fingerprint density at radius 3 is 2.74 bits per heavy atom. The van der Waals surface area contributed by atoms with Gasteiger partial charge in [-0.15, -0.1) is 0 Å². The average molecular weight is 373 g/mol. The second kappa shape index (κ2) is 8.27. The lowest BCUT2D eigenvalue weighted by molar-refractivity contribution is -0.133. The first kappa shape index (κ1) is 18.3. The van der Waals surface area contributed by atoms with Crippen molar-refractivity contribution in [1.82, 2.24) is 9.80 Å². The van der Waals surface area contributed by atoms with Gasteiger partial charge in [0.25, 0.3) is 5.91 Å². The summed E-state index contributed by atoms with van der Waals surface area (Å²) in [4.78, 5) is 30.8. The maximum Gasteiger partial charge on any atom is 0.265 e. The molecule has 146 valence electrons. The molecule has 7 heteroatoms. The van der Waals surface area contributed by atoms with E-state index in [4.69, 9.17) is 9.47 Å². The molecule has 2 fully saturated rings. The number of hydrogen-bond acceptors (Lipinski definition) is 5. The minimum absolute atomic E-state index is 0.0348. The summed E-state index contributed by atoms with van der Waals surface area (Å²) in [5.74, 6) is 0.721. The highest BCUT2D eigenvalue weighted by Gasteiger charge is 2.28. The molecule has 0 N–H and O–H groups in total. The van der Waals surface area contributed by atoms with Crippen LogP contribution in [0.1, 0.15) is 19.3 Å². The molecule has 3 heterocycles. The number of nitrogens with zero attached hydrogens (tertiary/aromatic N) is 3. The SMILES string of the molecule is O=C(CCN1C(=O)COc2ccccc21)N1CCN(CC2CCCO2)CC1. The Bertz CT molecular complexity index is 682. The summed E-state index contributed by atoms with van der Waals surface area (Å²) in [6.45, 7) is 5.57. The van der Waals surface area contributed by atoms with Crippen molar-refractivity contribution in [3.63, 3.8) is 0 Å². The van der Waals surface area contributed by atoms with E-state index in [1.54, 1.807) is 4.90 Å². The van der Waals surface area contributed by atoms with Crippen LogP contribution in [0.3, 0.4) is 0 Å². The van der Waals surface area contributed by atoms with E-state index in [9.17, 15) is 9.59 Å². The summed E-state index contributed by atoms with van der Waals surface area (Å²) < 4.78 is 11.2. The lowest BCUT2D eigenvalue weighted by atomic mass is 10.2. The predicted octanol–water partition coefficient (Wildman–Crippen LogP) is 1.13. The first-order valence-corrected chi connectivity index (χ1v) is 9.84. The highest BCUT2D eigenvalue weighted by atomic mass is 16.5. The molecule has 0 spiro atoms. The highest BCUT2D eigenvalue weighted by Crippen LogP contribution is 2.31. The van der Waals surface area contributed by atoms with Crippen LogP contribution in [0.2, 0.25) is 0 Å². The maximum absolute atomic E-state index is 12.6. The number of anilines is 1. The van der Waals surface area contributed by atoms with Gasteiger partial charge < -0.3 is 19.3 Å². The third-order valence-electron chi connectivity index (χ3n) is 5.57. The van der Waals surface area contributed by atoms with Gasteiger partial charge in [-0.3, -0.25) is 14.5 Å². The van der Waals surface area contributed by atoms with Crippen molar-refractivity contribution >= 4 is 17.5 Å². The molecular formula is C20H27N3O4. The third-order valence-corrected chi connectivity index (χ3v) is 5.57. The van der Waals surface area contributed by atoms with Gasteiger partial charge >= 0.3 is 0 Å². The summed E-state index contributed by atoms with van der Waals surface area (Å²) in [7, 11) is 0. The Hall–Kier alpha value is -2.12. The summed E-state index contributed by atoms with van der Waals surface area (Å²) in [6, 6.07) is 7.47. The van der Waals surface area contributed by atoms with Crippen molar-refractivity contribution in [2.24, 2.45) is 0 Å². The number of ether oxygens (including phenoxy) is 2. The molecule has 1 unspecified atom stereocenters. The molecular weight excluding hydrogens is 346 g/mol. The standard InChI is InChI=1S/C20H27N3O4/c24-19(22-11-9-21(10-12-22)14-16-4-3-13-26-16)7-8-23-17-5-1-2-6-18(17)27-15-20(23)25/h1-2,5-6,16H,3-4,7-15H2. The van der Waals surface area contributed by atoms with Crippen LogP contribution >= 0.6 is 0 Å². The highest BCUT2D eigenvalue weighted by molar-refractivity contribution is 5.98. The second-order valence-electron chi connectivity index (χ2n) is 7.37. The molecule has 2 saturated heterocycles. The summed E-state index contributed by atoms with van der Waals surface area (Å²) in [5, 5.41) is 0. The predicted molar refractivity (Wildman–Crippen MR) is 101 cm³/mol. The molecule has 7 nitrogen and oxygen atoms in total. The van der Waals surface area contributed by atoms with Crippen molar-refractivity contribution in [2.75, 3.05) is 57.4 Å². The van der Waals surface area contributed by atoms with Crippen molar-refractivity contribution in [1.29, 1.82) is 0 Å². The molecule has 1 aromatic carbocycles. The van der Waals surface area contributed by atoms with Crippen LogP contribution in [-0.2, 0) is 14.3 Å². The molecule has 0 saturated carbocycles. The van der Waals surface area contributed by atoms with Gasteiger partial charge in [0.1, 0.15) is 5.75 Å². The third kappa shape index (κ3) is 4.25. The van der Waals surface area contributed by atoms with Crippen LogP contribution in [0.25, 0.3) is 0 Å². The Labute approximate surface area is 159 Å². The number of para-hydroxylation sites is 2. The fourth-order valence-corrected chi connectivity index (χ4v) is 4.02. The van der Waals surface area contributed by atoms with E-state index in [1.807, 2.05) is 29.2 Å². The topological polar surface area (TPSA) is 62.3 Å². The van der Waals surface area contributed by atoms with Crippen LogP contribution in [0.15, 0.2) is 24.3 Å². The Morgan fingerprint density at radius 2 is 1.96 bits per heavy atom. The smallest absolute Gasteiger partial charge is 0.265 e. The average Bonchev–Trinajstić information content (AvgIpc) is 3.20. The van der Waals surface area contributed by atoms with E-state index in [1.165, 1.54) is 0 Å². The van der Waals surface area contributed by atoms with Gasteiger partial charge in [-0.1, -0.05) is 12.1 Å². The van der Waals surface area contributed by atoms with Gasteiger partial charge in [0.15, 0.2) is 6.61 Å². The summed E-state index contributed by atoms with van der Waals surface area (Å²) in [6.07, 6.45) is 3.01. The lowest BCUT2D eigenvalue weighted by Gasteiger charge is -2.36. The van der Waals surface area contributed by atoms with Gasteiger partial charge in [0.05, 0.1) is 11.8 Å². The van der Waals surface area contributed by atoms with E-state index in [2.05, 4.69) is 4.90 Å². The van der Waals surface area contributed by atoms with E-state index >= 15 is 0 Å². The number of rotatable bonds is 5. The number of piperazine rings is 1. The number of amides is 2.